The Bertz CT molecular complexity index is 1250. The first-order chi connectivity index (χ1) is 16.0. The molecule has 34 heavy (non-hydrogen) atoms. The number of carbonyl (C=O) groups is 1. The second kappa shape index (κ2) is 10.4. The van der Waals surface area contributed by atoms with E-state index in [1.165, 1.54) is 4.31 Å². The highest BCUT2D eigenvalue weighted by Crippen LogP contribution is 2.26. The van der Waals surface area contributed by atoms with Crippen molar-refractivity contribution in [1.29, 1.82) is 0 Å². The molecule has 0 aliphatic carbocycles. The molecule has 3 aromatic carbocycles. The fraction of sp³-hybridized carbons (Fsp3) is 0.321. The molecule has 0 aliphatic rings. The van der Waals surface area contributed by atoms with Crippen molar-refractivity contribution in [2.45, 2.75) is 58.4 Å². The molecule has 0 unspecified atom stereocenters. The molecule has 5 nitrogen and oxygen atoms in total. The fourth-order valence-electron chi connectivity index (χ4n) is 3.98. The second-order valence-electron chi connectivity index (χ2n) is 9.22. The maximum Gasteiger partial charge on any atom is 0.264 e. The number of anilines is 1. The Kier molecular flexibility index (Phi) is 7.82. The highest BCUT2D eigenvalue weighted by molar-refractivity contribution is 7.92. The zero-order valence-corrected chi connectivity index (χ0v) is 21.6. The van der Waals surface area contributed by atoms with E-state index in [9.17, 15) is 13.2 Å². The molecule has 0 aliphatic heterocycles. The molecule has 1 amide bonds. The van der Waals surface area contributed by atoms with Gasteiger partial charge < -0.3 is 5.32 Å². The van der Waals surface area contributed by atoms with Crippen LogP contribution in [0.2, 0.25) is 0 Å². The largest absolute Gasteiger partial charge is 0.348 e. The van der Waals surface area contributed by atoms with Crippen LogP contribution >= 0.6 is 0 Å². The van der Waals surface area contributed by atoms with Crippen molar-refractivity contribution in [1.82, 2.24) is 5.32 Å². The predicted octanol–water partition coefficient (Wildman–Crippen LogP) is 5.81. The lowest BCUT2D eigenvalue weighted by molar-refractivity contribution is -0.120. The average Bonchev–Trinajstić information content (AvgIpc) is 2.77. The Morgan fingerprint density at radius 3 is 2.00 bits per heavy atom. The number of benzene rings is 3. The van der Waals surface area contributed by atoms with Crippen molar-refractivity contribution >= 4 is 21.6 Å². The second-order valence-corrected chi connectivity index (χ2v) is 11.1. The van der Waals surface area contributed by atoms with Gasteiger partial charge in [0, 0.05) is 0 Å². The Balaban J connectivity index is 1.91. The SMILES string of the molecule is Cc1ccc(S(=O)(=O)N(CC(=O)N[C@@H](C)c2ccc(C)cc2C)c2ccc(C(C)C)cc2)cc1. The molecule has 1 atom stereocenters. The third-order valence-electron chi connectivity index (χ3n) is 6.01. The van der Waals surface area contributed by atoms with Crippen molar-refractivity contribution in [3.8, 4) is 0 Å². The molecule has 0 saturated carbocycles. The number of hydrogen-bond acceptors (Lipinski definition) is 3. The van der Waals surface area contributed by atoms with Crippen LogP contribution in [-0.4, -0.2) is 20.9 Å². The molecule has 0 radical (unpaired) electrons. The van der Waals surface area contributed by atoms with E-state index in [1.54, 1.807) is 36.4 Å². The van der Waals surface area contributed by atoms with Gasteiger partial charge in [0.2, 0.25) is 5.91 Å². The quantitative estimate of drug-likeness (QED) is 0.444. The van der Waals surface area contributed by atoms with Crippen molar-refractivity contribution in [2.75, 3.05) is 10.8 Å². The van der Waals surface area contributed by atoms with E-state index in [2.05, 4.69) is 25.2 Å². The maximum absolute atomic E-state index is 13.6. The lowest BCUT2D eigenvalue weighted by Crippen LogP contribution is -2.41. The van der Waals surface area contributed by atoms with Crippen LogP contribution in [0.5, 0.6) is 0 Å². The summed E-state index contributed by atoms with van der Waals surface area (Å²) in [5, 5.41) is 2.97. The highest BCUT2D eigenvalue weighted by atomic mass is 32.2. The van der Waals surface area contributed by atoms with Crippen molar-refractivity contribution < 1.29 is 13.2 Å². The molecule has 3 aromatic rings. The van der Waals surface area contributed by atoms with Crippen molar-refractivity contribution in [3.05, 3.63) is 94.5 Å². The van der Waals surface area contributed by atoms with Crippen LogP contribution in [0.25, 0.3) is 0 Å². The minimum atomic E-state index is -3.94. The van der Waals surface area contributed by atoms with Crippen LogP contribution in [0, 0.1) is 20.8 Å². The third kappa shape index (κ3) is 5.86. The monoisotopic (exact) mass is 478 g/mol. The first-order valence-corrected chi connectivity index (χ1v) is 13.0. The summed E-state index contributed by atoms with van der Waals surface area (Å²) in [7, 11) is -3.94. The molecule has 180 valence electrons. The summed E-state index contributed by atoms with van der Waals surface area (Å²) >= 11 is 0. The summed E-state index contributed by atoms with van der Waals surface area (Å²) in [4.78, 5) is 13.2. The van der Waals surface area contributed by atoms with Gasteiger partial charge in [-0.1, -0.05) is 67.4 Å². The first-order valence-electron chi connectivity index (χ1n) is 11.5. The number of nitrogens with zero attached hydrogens (tertiary/aromatic N) is 1. The van der Waals surface area contributed by atoms with Gasteiger partial charge in [0.15, 0.2) is 0 Å². The van der Waals surface area contributed by atoms with Crippen LogP contribution in [0.3, 0.4) is 0 Å². The fourth-order valence-corrected chi connectivity index (χ4v) is 5.41. The summed E-state index contributed by atoms with van der Waals surface area (Å²) in [6, 6.07) is 19.9. The number of rotatable bonds is 8. The number of aryl methyl sites for hydroxylation is 3. The molecule has 3 rings (SSSR count). The van der Waals surface area contributed by atoms with E-state index in [0.29, 0.717) is 11.6 Å². The van der Waals surface area contributed by atoms with Gasteiger partial charge in [-0.15, -0.1) is 0 Å². The van der Waals surface area contributed by atoms with Gasteiger partial charge in [-0.3, -0.25) is 9.10 Å². The smallest absolute Gasteiger partial charge is 0.264 e. The summed E-state index contributed by atoms with van der Waals surface area (Å²) in [6.07, 6.45) is 0. The van der Waals surface area contributed by atoms with Crippen LogP contribution in [0.15, 0.2) is 71.6 Å². The standard InChI is InChI=1S/C28H34N2O3S/c1-19(2)24-10-12-25(13-11-24)30(34(32,33)26-14-7-20(3)8-15-26)18-28(31)29-23(6)27-16-9-21(4)17-22(27)5/h7-17,19,23H,18H2,1-6H3,(H,29,31)/t23-/m0/s1. The molecule has 0 bridgehead atoms. The molecule has 0 aromatic heterocycles. The van der Waals surface area contributed by atoms with Gasteiger partial charge in [0.25, 0.3) is 10.0 Å². The van der Waals surface area contributed by atoms with Crippen molar-refractivity contribution in [3.63, 3.8) is 0 Å². The van der Waals surface area contributed by atoms with Gasteiger partial charge in [-0.2, -0.15) is 0 Å². The number of hydrogen-bond donors (Lipinski definition) is 1. The molecular weight excluding hydrogens is 444 g/mol. The lowest BCUT2D eigenvalue weighted by atomic mass is 10.0. The van der Waals surface area contributed by atoms with E-state index in [0.717, 1.165) is 27.8 Å². The van der Waals surface area contributed by atoms with Gasteiger partial charge in [-0.05, 0) is 74.6 Å². The maximum atomic E-state index is 13.6. The van der Waals surface area contributed by atoms with E-state index < -0.39 is 10.0 Å². The lowest BCUT2D eigenvalue weighted by Gasteiger charge is -2.26. The van der Waals surface area contributed by atoms with Crippen LogP contribution in [0.1, 0.15) is 60.5 Å². The van der Waals surface area contributed by atoms with E-state index in [1.807, 2.05) is 52.0 Å². The molecule has 6 heteroatoms. The third-order valence-corrected chi connectivity index (χ3v) is 7.80. The minimum absolute atomic E-state index is 0.154. The Morgan fingerprint density at radius 1 is 0.853 bits per heavy atom. The zero-order chi connectivity index (χ0) is 25.0. The summed E-state index contributed by atoms with van der Waals surface area (Å²) in [5.74, 6) is -0.0470. The van der Waals surface area contributed by atoms with E-state index in [-0.39, 0.29) is 23.4 Å². The zero-order valence-electron chi connectivity index (χ0n) is 20.8. The number of nitrogens with one attached hydrogen (secondary N) is 1. The molecule has 0 saturated heterocycles. The average molecular weight is 479 g/mol. The Hall–Kier alpha value is -3.12. The van der Waals surface area contributed by atoms with Gasteiger partial charge in [-0.25, -0.2) is 8.42 Å². The van der Waals surface area contributed by atoms with Crippen LogP contribution in [0.4, 0.5) is 5.69 Å². The Labute approximate surface area is 203 Å². The van der Waals surface area contributed by atoms with Gasteiger partial charge in [0.05, 0.1) is 16.6 Å². The van der Waals surface area contributed by atoms with Crippen LogP contribution in [-0.2, 0) is 14.8 Å². The number of amides is 1. The minimum Gasteiger partial charge on any atom is -0.348 e. The summed E-state index contributed by atoms with van der Waals surface area (Å²) in [5.41, 5.74) is 5.77. The number of sulfonamides is 1. The molecule has 1 N–H and O–H groups in total. The molecule has 0 spiro atoms. The summed E-state index contributed by atoms with van der Waals surface area (Å²) < 4.78 is 28.4. The topological polar surface area (TPSA) is 66.5 Å². The van der Waals surface area contributed by atoms with Crippen LogP contribution < -0.4 is 9.62 Å². The number of carbonyl (C=O) groups excluding carboxylic acids is 1. The normalized spacial score (nSPS) is 12.4. The molecule has 0 heterocycles. The predicted molar refractivity (Wildman–Crippen MR) is 139 cm³/mol. The highest BCUT2D eigenvalue weighted by Gasteiger charge is 2.28. The first kappa shape index (κ1) is 25.5. The van der Waals surface area contributed by atoms with Crippen molar-refractivity contribution in [2.24, 2.45) is 0 Å². The van der Waals surface area contributed by atoms with E-state index >= 15 is 0 Å². The molecular formula is C28H34N2O3S. The Morgan fingerprint density at radius 2 is 1.44 bits per heavy atom. The van der Waals surface area contributed by atoms with Gasteiger partial charge >= 0.3 is 0 Å². The van der Waals surface area contributed by atoms with E-state index in [4.69, 9.17) is 0 Å². The molecule has 0 fully saturated rings. The van der Waals surface area contributed by atoms with Gasteiger partial charge in [0.1, 0.15) is 6.54 Å². The summed E-state index contributed by atoms with van der Waals surface area (Å²) in [6.45, 7) is 11.7.